The zero-order valence-corrected chi connectivity index (χ0v) is 8.99. The third-order valence-corrected chi connectivity index (χ3v) is 3.15. The highest BCUT2D eigenvalue weighted by atomic mass is 16.5. The molecule has 0 heterocycles. The molecular weight excluding hydrogens is 164 g/mol. The molecule has 0 radical (unpaired) electrons. The summed E-state index contributed by atoms with van der Waals surface area (Å²) in [4.78, 5) is 0. The first-order valence-corrected chi connectivity index (χ1v) is 5.37. The van der Waals surface area contributed by atoms with Crippen molar-refractivity contribution in [1.29, 1.82) is 0 Å². The van der Waals surface area contributed by atoms with Crippen molar-refractivity contribution in [2.24, 2.45) is 11.8 Å². The Hall–Kier alpha value is -0.0800. The van der Waals surface area contributed by atoms with Crippen molar-refractivity contribution < 1.29 is 9.84 Å². The Morgan fingerprint density at radius 2 is 1.77 bits per heavy atom. The Morgan fingerprint density at radius 1 is 1.23 bits per heavy atom. The maximum Gasteiger partial charge on any atom is 0.0855 e. The minimum atomic E-state index is -0.257. The van der Waals surface area contributed by atoms with E-state index in [4.69, 9.17) is 4.74 Å². The summed E-state index contributed by atoms with van der Waals surface area (Å²) in [7, 11) is 1.70. The molecule has 1 saturated carbocycles. The molecule has 1 rings (SSSR count). The van der Waals surface area contributed by atoms with Crippen molar-refractivity contribution in [3.8, 4) is 0 Å². The lowest BCUT2D eigenvalue weighted by molar-refractivity contribution is -0.0625. The molecule has 0 amide bonds. The molecular formula is C11H22O2. The summed E-state index contributed by atoms with van der Waals surface area (Å²) in [6, 6.07) is 0. The highest BCUT2D eigenvalue weighted by Gasteiger charge is 2.31. The van der Waals surface area contributed by atoms with Gasteiger partial charge in [0.25, 0.3) is 0 Å². The van der Waals surface area contributed by atoms with Gasteiger partial charge in [-0.15, -0.1) is 0 Å². The molecule has 0 saturated heterocycles. The van der Waals surface area contributed by atoms with Gasteiger partial charge >= 0.3 is 0 Å². The van der Waals surface area contributed by atoms with Crippen LogP contribution in [0.1, 0.15) is 39.5 Å². The standard InChI is InChI=1S/C11H22O2/c1-8(2)11(13-3)10(12)9-6-4-5-7-9/h8-12H,4-7H2,1-3H3. The monoisotopic (exact) mass is 186 g/mol. The SMILES string of the molecule is COC(C(C)C)C(O)C1CCCC1. The minimum Gasteiger partial charge on any atom is -0.390 e. The third-order valence-electron chi connectivity index (χ3n) is 3.15. The zero-order chi connectivity index (χ0) is 9.84. The van der Waals surface area contributed by atoms with E-state index in [9.17, 15) is 5.11 Å². The topological polar surface area (TPSA) is 29.5 Å². The minimum absolute atomic E-state index is 0.0168. The van der Waals surface area contributed by atoms with Crippen LogP contribution in [0.5, 0.6) is 0 Å². The van der Waals surface area contributed by atoms with Crippen LogP contribution in [0.25, 0.3) is 0 Å². The molecule has 0 bridgehead atoms. The van der Waals surface area contributed by atoms with E-state index in [2.05, 4.69) is 13.8 Å². The maximum atomic E-state index is 10.1. The normalized spacial score (nSPS) is 23.8. The quantitative estimate of drug-likeness (QED) is 0.729. The summed E-state index contributed by atoms with van der Waals surface area (Å²) in [5.41, 5.74) is 0. The van der Waals surface area contributed by atoms with E-state index in [1.54, 1.807) is 7.11 Å². The second kappa shape index (κ2) is 4.97. The molecule has 1 aliphatic carbocycles. The highest BCUT2D eigenvalue weighted by molar-refractivity contribution is 4.82. The summed E-state index contributed by atoms with van der Waals surface area (Å²) in [6.45, 7) is 4.21. The van der Waals surface area contributed by atoms with Crippen LogP contribution in [0.4, 0.5) is 0 Å². The Kier molecular flexibility index (Phi) is 4.20. The largest absolute Gasteiger partial charge is 0.390 e. The average molecular weight is 186 g/mol. The van der Waals surface area contributed by atoms with Gasteiger partial charge in [-0.25, -0.2) is 0 Å². The van der Waals surface area contributed by atoms with Crippen LogP contribution in [-0.4, -0.2) is 24.4 Å². The van der Waals surface area contributed by atoms with Crippen molar-refractivity contribution in [2.75, 3.05) is 7.11 Å². The Morgan fingerprint density at radius 3 is 2.15 bits per heavy atom. The molecule has 13 heavy (non-hydrogen) atoms. The lowest BCUT2D eigenvalue weighted by Crippen LogP contribution is -2.37. The molecule has 0 spiro atoms. The van der Waals surface area contributed by atoms with E-state index >= 15 is 0 Å². The molecule has 78 valence electrons. The lowest BCUT2D eigenvalue weighted by atomic mass is 9.90. The molecule has 0 aromatic heterocycles. The molecule has 1 fully saturated rings. The Labute approximate surface area is 81.3 Å². The highest BCUT2D eigenvalue weighted by Crippen LogP contribution is 2.31. The van der Waals surface area contributed by atoms with Crippen molar-refractivity contribution in [2.45, 2.75) is 51.7 Å². The van der Waals surface area contributed by atoms with Gasteiger partial charge in [0.05, 0.1) is 12.2 Å². The first kappa shape index (κ1) is 11.0. The van der Waals surface area contributed by atoms with Crippen LogP contribution in [0.2, 0.25) is 0 Å². The van der Waals surface area contributed by atoms with E-state index < -0.39 is 0 Å². The van der Waals surface area contributed by atoms with Gasteiger partial charge in [0.2, 0.25) is 0 Å². The van der Waals surface area contributed by atoms with Gasteiger partial charge in [-0.2, -0.15) is 0 Å². The average Bonchev–Trinajstić information content (AvgIpc) is 2.56. The number of rotatable bonds is 4. The van der Waals surface area contributed by atoms with Gasteiger partial charge in [-0.05, 0) is 24.7 Å². The molecule has 2 nitrogen and oxygen atoms in total. The van der Waals surface area contributed by atoms with Crippen LogP contribution in [-0.2, 0) is 4.74 Å². The second-order valence-corrected chi connectivity index (χ2v) is 4.48. The van der Waals surface area contributed by atoms with Gasteiger partial charge < -0.3 is 9.84 Å². The predicted octanol–water partition coefficient (Wildman–Crippen LogP) is 2.21. The summed E-state index contributed by atoms with van der Waals surface area (Å²) >= 11 is 0. The van der Waals surface area contributed by atoms with E-state index in [0.29, 0.717) is 11.8 Å². The van der Waals surface area contributed by atoms with E-state index in [0.717, 1.165) is 0 Å². The molecule has 2 unspecified atom stereocenters. The van der Waals surface area contributed by atoms with Crippen molar-refractivity contribution in [3.05, 3.63) is 0 Å². The van der Waals surface area contributed by atoms with Gasteiger partial charge in [0, 0.05) is 7.11 Å². The van der Waals surface area contributed by atoms with E-state index in [-0.39, 0.29) is 12.2 Å². The summed E-state index contributed by atoms with van der Waals surface area (Å²) in [6.07, 6.45) is 4.66. The summed E-state index contributed by atoms with van der Waals surface area (Å²) in [5, 5.41) is 10.1. The molecule has 1 aliphatic rings. The number of methoxy groups -OCH3 is 1. The second-order valence-electron chi connectivity index (χ2n) is 4.48. The number of ether oxygens (including phenoxy) is 1. The predicted molar refractivity (Wildman–Crippen MR) is 53.6 cm³/mol. The van der Waals surface area contributed by atoms with E-state index in [1.807, 2.05) is 0 Å². The molecule has 0 aliphatic heterocycles. The Balaban J connectivity index is 2.46. The van der Waals surface area contributed by atoms with E-state index in [1.165, 1.54) is 25.7 Å². The van der Waals surface area contributed by atoms with Gasteiger partial charge in [0.1, 0.15) is 0 Å². The number of aliphatic hydroxyl groups is 1. The fourth-order valence-corrected chi connectivity index (χ4v) is 2.37. The smallest absolute Gasteiger partial charge is 0.0855 e. The van der Waals surface area contributed by atoms with Crippen LogP contribution in [0.3, 0.4) is 0 Å². The molecule has 2 atom stereocenters. The molecule has 2 heteroatoms. The first-order chi connectivity index (χ1) is 6.16. The molecule has 0 aromatic carbocycles. The number of hydrogen-bond donors (Lipinski definition) is 1. The Bertz CT molecular complexity index is 139. The third kappa shape index (κ3) is 2.68. The van der Waals surface area contributed by atoms with Crippen LogP contribution in [0.15, 0.2) is 0 Å². The fourth-order valence-electron chi connectivity index (χ4n) is 2.37. The van der Waals surface area contributed by atoms with Crippen molar-refractivity contribution >= 4 is 0 Å². The van der Waals surface area contributed by atoms with Crippen LogP contribution >= 0.6 is 0 Å². The van der Waals surface area contributed by atoms with Crippen molar-refractivity contribution in [3.63, 3.8) is 0 Å². The van der Waals surface area contributed by atoms with Gasteiger partial charge in [0.15, 0.2) is 0 Å². The number of hydrogen-bond acceptors (Lipinski definition) is 2. The van der Waals surface area contributed by atoms with Crippen LogP contribution < -0.4 is 0 Å². The van der Waals surface area contributed by atoms with Crippen molar-refractivity contribution in [1.82, 2.24) is 0 Å². The van der Waals surface area contributed by atoms with Crippen LogP contribution in [0, 0.1) is 11.8 Å². The zero-order valence-electron chi connectivity index (χ0n) is 8.99. The van der Waals surface area contributed by atoms with Gasteiger partial charge in [-0.3, -0.25) is 0 Å². The lowest BCUT2D eigenvalue weighted by Gasteiger charge is -2.29. The first-order valence-electron chi connectivity index (χ1n) is 5.37. The summed E-state index contributed by atoms with van der Waals surface area (Å²) < 4.78 is 5.34. The fraction of sp³-hybridized carbons (Fsp3) is 1.00. The maximum absolute atomic E-state index is 10.1. The van der Waals surface area contributed by atoms with Gasteiger partial charge in [-0.1, -0.05) is 26.7 Å². The number of aliphatic hydroxyl groups excluding tert-OH is 1. The summed E-state index contributed by atoms with van der Waals surface area (Å²) in [5.74, 6) is 0.882. The molecule has 1 N–H and O–H groups in total. The molecule has 0 aromatic rings.